The van der Waals surface area contributed by atoms with Gasteiger partial charge in [-0.1, -0.05) is 214 Å². The van der Waals surface area contributed by atoms with Crippen molar-refractivity contribution >= 4 is 17.9 Å². The minimum Gasteiger partial charge on any atom is -0.462 e. The summed E-state index contributed by atoms with van der Waals surface area (Å²) in [7, 11) is 0. The zero-order valence-electron chi connectivity index (χ0n) is 43.6. The Labute approximate surface area is 413 Å². The molecule has 1 unspecified atom stereocenters. The summed E-state index contributed by atoms with van der Waals surface area (Å²) in [6, 6.07) is 0. The molecular formula is C61H102O6. The minimum absolute atomic E-state index is 0.0952. The molecule has 0 amide bonds. The third-order valence-corrected chi connectivity index (χ3v) is 11.5. The summed E-state index contributed by atoms with van der Waals surface area (Å²) in [6.07, 6.45) is 72.5. The molecule has 382 valence electrons. The van der Waals surface area contributed by atoms with E-state index in [0.717, 1.165) is 154 Å². The van der Waals surface area contributed by atoms with Gasteiger partial charge >= 0.3 is 17.9 Å². The maximum absolute atomic E-state index is 12.8. The van der Waals surface area contributed by atoms with Crippen LogP contribution >= 0.6 is 0 Å². The molecule has 0 aliphatic rings. The van der Waals surface area contributed by atoms with E-state index in [-0.39, 0.29) is 31.1 Å². The first-order chi connectivity index (χ1) is 33.0. The average molecular weight is 931 g/mol. The molecule has 0 rings (SSSR count). The normalized spacial score (nSPS) is 12.8. The van der Waals surface area contributed by atoms with Gasteiger partial charge in [0.2, 0.25) is 0 Å². The number of rotatable bonds is 49. The molecule has 6 nitrogen and oxygen atoms in total. The highest BCUT2D eigenvalue weighted by Gasteiger charge is 2.19. The molecule has 0 aromatic rings. The van der Waals surface area contributed by atoms with Crippen LogP contribution in [0.2, 0.25) is 0 Å². The smallest absolute Gasteiger partial charge is 0.306 e. The van der Waals surface area contributed by atoms with Gasteiger partial charge in [-0.2, -0.15) is 0 Å². The molecule has 0 aliphatic carbocycles. The first kappa shape index (κ1) is 63.3. The van der Waals surface area contributed by atoms with E-state index in [4.69, 9.17) is 14.2 Å². The second-order valence-electron chi connectivity index (χ2n) is 18.1. The van der Waals surface area contributed by atoms with Crippen LogP contribution in [0, 0.1) is 0 Å². The second kappa shape index (κ2) is 54.9. The van der Waals surface area contributed by atoms with Gasteiger partial charge in [0.15, 0.2) is 6.10 Å². The van der Waals surface area contributed by atoms with Gasteiger partial charge in [0.1, 0.15) is 13.2 Å². The molecule has 6 heteroatoms. The number of hydrogen-bond donors (Lipinski definition) is 0. The van der Waals surface area contributed by atoms with E-state index in [0.29, 0.717) is 19.3 Å². The van der Waals surface area contributed by atoms with Crippen molar-refractivity contribution in [2.75, 3.05) is 13.2 Å². The Bertz CT molecular complexity index is 1350. The van der Waals surface area contributed by atoms with Crippen LogP contribution in [-0.4, -0.2) is 37.2 Å². The first-order valence-electron chi connectivity index (χ1n) is 27.7. The van der Waals surface area contributed by atoms with Crippen molar-refractivity contribution in [3.63, 3.8) is 0 Å². The molecule has 0 heterocycles. The molecule has 0 fully saturated rings. The monoisotopic (exact) mass is 931 g/mol. The van der Waals surface area contributed by atoms with Crippen molar-refractivity contribution < 1.29 is 28.6 Å². The summed E-state index contributed by atoms with van der Waals surface area (Å²) < 4.78 is 16.8. The Morgan fingerprint density at radius 1 is 0.313 bits per heavy atom. The van der Waals surface area contributed by atoms with Gasteiger partial charge in [-0.25, -0.2) is 0 Å². The molecular weight excluding hydrogens is 829 g/mol. The Hall–Kier alpha value is -3.67. The second-order valence-corrected chi connectivity index (χ2v) is 18.1. The van der Waals surface area contributed by atoms with Crippen LogP contribution in [0.3, 0.4) is 0 Å². The fraction of sp³-hybridized carbons (Fsp3) is 0.689. The standard InChI is InChI=1S/C61H102O6/c1-4-7-10-13-16-19-22-25-27-28-29-30-31-32-34-36-39-42-45-48-51-54-60(63)66-57-58(56-65-59(62)53-50-47-44-41-38-35-24-21-18-15-12-9-6-3)67-61(64)55-52-49-46-43-40-37-33-26-23-20-17-14-11-8-5-2/h7,10,12,15-16,19,21,24-27,29-30,32-34,58H,4-6,8-9,11,13-14,17-18,20,22-23,28,31,35-57H2,1-3H3/b10-7-,15-12-,19-16-,24-21-,27-25-,30-29-,33-26-,34-32-. The number of unbranched alkanes of at least 4 members (excludes halogenated alkanes) is 22. The summed E-state index contributed by atoms with van der Waals surface area (Å²) in [5.41, 5.74) is 0. The first-order valence-corrected chi connectivity index (χ1v) is 27.7. The van der Waals surface area contributed by atoms with E-state index < -0.39 is 6.10 Å². The predicted octanol–water partition coefficient (Wildman–Crippen LogP) is 18.5. The Balaban J connectivity index is 4.43. The van der Waals surface area contributed by atoms with Crippen LogP contribution in [0.5, 0.6) is 0 Å². The Morgan fingerprint density at radius 3 is 0.985 bits per heavy atom. The van der Waals surface area contributed by atoms with Crippen LogP contribution in [0.15, 0.2) is 97.2 Å². The molecule has 0 radical (unpaired) electrons. The number of carbonyl (C=O) groups is 3. The number of ether oxygens (including phenoxy) is 3. The Morgan fingerprint density at radius 2 is 0.612 bits per heavy atom. The summed E-state index contributed by atoms with van der Waals surface area (Å²) in [5, 5.41) is 0. The number of esters is 3. The van der Waals surface area contributed by atoms with E-state index >= 15 is 0 Å². The minimum atomic E-state index is -0.797. The third kappa shape index (κ3) is 53.2. The summed E-state index contributed by atoms with van der Waals surface area (Å²) in [4.78, 5) is 38.1. The fourth-order valence-electron chi connectivity index (χ4n) is 7.38. The highest BCUT2D eigenvalue weighted by atomic mass is 16.6. The van der Waals surface area contributed by atoms with Gasteiger partial charge in [-0.3, -0.25) is 14.4 Å². The highest BCUT2D eigenvalue weighted by Crippen LogP contribution is 2.14. The molecule has 0 aromatic heterocycles. The van der Waals surface area contributed by atoms with E-state index in [1.165, 1.54) is 57.8 Å². The molecule has 0 saturated carbocycles. The topological polar surface area (TPSA) is 78.9 Å². The van der Waals surface area contributed by atoms with Crippen LogP contribution < -0.4 is 0 Å². The lowest BCUT2D eigenvalue weighted by molar-refractivity contribution is -0.167. The van der Waals surface area contributed by atoms with E-state index in [9.17, 15) is 14.4 Å². The van der Waals surface area contributed by atoms with Gasteiger partial charge in [0.25, 0.3) is 0 Å². The average Bonchev–Trinajstić information content (AvgIpc) is 3.33. The van der Waals surface area contributed by atoms with Crippen molar-refractivity contribution in [1.82, 2.24) is 0 Å². The van der Waals surface area contributed by atoms with Gasteiger partial charge in [0, 0.05) is 19.3 Å². The zero-order valence-corrected chi connectivity index (χ0v) is 43.6. The van der Waals surface area contributed by atoms with Crippen molar-refractivity contribution in [1.29, 1.82) is 0 Å². The summed E-state index contributed by atoms with van der Waals surface area (Å²) in [5.74, 6) is -0.935. The quantitative estimate of drug-likeness (QED) is 0.0262. The molecule has 0 bridgehead atoms. The highest BCUT2D eigenvalue weighted by molar-refractivity contribution is 5.71. The third-order valence-electron chi connectivity index (χ3n) is 11.5. The van der Waals surface area contributed by atoms with Crippen molar-refractivity contribution in [3.8, 4) is 0 Å². The number of allylic oxidation sites excluding steroid dienone is 16. The van der Waals surface area contributed by atoms with Crippen molar-refractivity contribution in [3.05, 3.63) is 97.2 Å². The fourth-order valence-corrected chi connectivity index (χ4v) is 7.38. The Kier molecular flexibility index (Phi) is 51.9. The summed E-state index contributed by atoms with van der Waals surface area (Å²) in [6.45, 7) is 6.42. The zero-order chi connectivity index (χ0) is 48.6. The molecule has 1 atom stereocenters. The van der Waals surface area contributed by atoms with Gasteiger partial charge in [-0.15, -0.1) is 0 Å². The maximum atomic E-state index is 12.8. The van der Waals surface area contributed by atoms with Crippen molar-refractivity contribution in [2.45, 2.75) is 258 Å². The lowest BCUT2D eigenvalue weighted by atomic mass is 10.1. The molecule has 0 aromatic carbocycles. The van der Waals surface area contributed by atoms with Crippen LogP contribution in [-0.2, 0) is 28.6 Å². The van der Waals surface area contributed by atoms with Gasteiger partial charge in [-0.05, 0) is 116 Å². The molecule has 0 saturated heterocycles. The van der Waals surface area contributed by atoms with Gasteiger partial charge < -0.3 is 14.2 Å². The summed E-state index contributed by atoms with van der Waals surface area (Å²) >= 11 is 0. The molecule has 0 spiro atoms. The van der Waals surface area contributed by atoms with E-state index in [1.54, 1.807) is 0 Å². The largest absolute Gasteiger partial charge is 0.462 e. The predicted molar refractivity (Wildman–Crippen MR) is 288 cm³/mol. The molecule has 0 aliphatic heterocycles. The van der Waals surface area contributed by atoms with E-state index in [2.05, 4.69) is 118 Å². The lowest BCUT2D eigenvalue weighted by Crippen LogP contribution is -2.30. The molecule has 67 heavy (non-hydrogen) atoms. The van der Waals surface area contributed by atoms with Crippen molar-refractivity contribution in [2.24, 2.45) is 0 Å². The number of carbonyl (C=O) groups excluding carboxylic acids is 3. The van der Waals surface area contributed by atoms with Crippen LogP contribution in [0.1, 0.15) is 252 Å². The SMILES string of the molecule is CC/C=C\C/C=C\C/C=C\C/C=C\C/C=C\CCCCCCCC(=O)OCC(COC(=O)CCCCCCC/C=C\C/C=C\CCC)OC(=O)CCCCCCC/C=C\CCCCCCCC. The van der Waals surface area contributed by atoms with E-state index in [1.807, 2.05) is 0 Å². The lowest BCUT2D eigenvalue weighted by Gasteiger charge is -2.18. The maximum Gasteiger partial charge on any atom is 0.306 e. The number of hydrogen-bond acceptors (Lipinski definition) is 6. The van der Waals surface area contributed by atoms with Gasteiger partial charge in [0.05, 0.1) is 0 Å². The van der Waals surface area contributed by atoms with Crippen LogP contribution in [0.25, 0.3) is 0 Å². The van der Waals surface area contributed by atoms with Crippen LogP contribution in [0.4, 0.5) is 0 Å². The molecule has 0 N–H and O–H groups in total.